The Kier molecular flexibility index (Phi) is 4.66. The predicted molar refractivity (Wildman–Crippen MR) is 73.5 cm³/mol. The lowest BCUT2D eigenvalue weighted by Crippen LogP contribution is -2.41. The van der Waals surface area contributed by atoms with Crippen LogP contribution in [0.3, 0.4) is 0 Å². The summed E-state index contributed by atoms with van der Waals surface area (Å²) in [5.74, 6) is 1.18. The van der Waals surface area contributed by atoms with E-state index in [0.717, 1.165) is 12.8 Å². The molecule has 1 aromatic carbocycles. The van der Waals surface area contributed by atoms with Gasteiger partial charge >= 0.3 is 0 Å². The molecule has 1 amide bonds. The van der Waals surface area contributed by atoms with E-state index in [2.05, 4.69) is 5.32 Å². The number of benzene rings is 1. The minimum Gasteiger partial charge on any atom is -0.493 e. The Morgan fingerprint density at radius 2 is 1.89 bits per heavy atom. The van der Waals surface area contributed by atoms with E-state index in [0.29, 0.717) is 17.5 Å². The summed E-state index contributed by atoms with van der Waals surface area (Å²) >= 11 is 0. The Labute approximate surface area is 114 Å². The standard InChI is InChI=1S/C15H21NO3/c1-11(15(17)16-12-7-3-4-8-12)19-14-10-6-5-9-13(14)18-2/h5-6,9-12H,3-4,7-8H2,1-2H3,(H,16,17)/t11-/m1/s1. The lowest BCUT2D eigenvalue weighted by Gasteiger charge is -2.19. The van der Waals surface area contributed by atoms with E-state index < -0.39 is 6.10 Å². The lowest BCUT2D eigenvalue weighted by atomic mass is 10.2. The first-order valence-corrected chi connectivity index (χ1v) is 6.80. The maximum absolute atomic E-state index is 12.0. The van der Waals surface area contributed by atoms with Crippen LogP contribution in [0.4, 0.5) is 0 Å². The van der Waals surface area contributed by atoms with Gasteiger partial charge in [-0.2, -0.15) is 0 Å². The fraction of sp³-hybridized carbons (Fsp3) is 0.533. The van der Waals surface area contributed by atoms with E-state index in [1.54, 1.807) is 20.1 Å². The molecule has 0 unspecified atom stereocenters. The van der Waals surface area contributed by atoms with Gasteiger partial charge in [-0.25, -0.2) is 0 Å². The average Bonchev–Trinajstić information content (AvgIpc) is 2.92. The van der Waals surface area contributed by atoms with Gasteiger partial charge in [0.05, 0.1) is 7.11 Å². The molecule has 0 spiro atoms. The fourth-order valence-corrected chi connectivity index (χ4v) is 2.35. The number of hydrogen-bond acceptors (Lipinski definition) is 3. The molecule has 1 fully saturated rings. The highest BCUT2D eigenvalue weighted by molar-refractivity contribution is 5.81. The van der Waals surface area contributed by atoms with Gasteiger partial charge in [-0.05, 0) is 31.9 Å². The molecular weight excluding hydrogens is 242 g/mol. The lowest BCUT2D eigenvalue weighted by molar-refractivity contribution is -0.128. The maximum atomic E-state index is 12.0. The van der Waals surface area contributed by atoms with E-state index >= 15 is 0 Å². The van der Waals surface area contributed by atoms with Crippen molar-refractivity contribution >= 4 is 5.91 Å². The second-order valence-electron chi connectivity index (χ2n) is 4.90. The normalized spacial score (nSPS) is 16.9. The van der Waals surface area contributed by atoms with Crippen molar-refractivity contribution in [1.82, 2.24) is 5.32 Å². The van der Waals surface area contributed by atoms with Crippen molar-refractivity contribution in [3.63, 3.8) is 0 Å². The van der Waals surface area contributed by atoms with E-state index in [-0.39, 0.29) is 5.91 Å². The molecular formula is C15H21NO3. The monoisotopic (exact) mass is 263 g/mol. The average molecular weight is 263 g/mol. The number of hydrogen-bond donors (Lipinski definition) is 1. The third-order valence-corrected chi connectivity index (χ3v) is 3.44. The van der Waals surface area contributed by atoms with Crippen LogP contribution < -0.4 is 14.8 Å². The smallest absolute Gasteiger partial charge is 0.260 e. The molecule has 19 heavy (non-hydrogen) atoms. The molecule has 1 aromatic rings. The van der Waals surface area contributed by atoms with Gasteiger partial charge in [0.15, 0.2) is 17.6 Å². The topological polar surface area (TPSA) is 47.6 Å². The maximum Gasteiger partial charge on any atom is 0.260 e. The highest BCUT2D eigenvalue weighted by atomic mass is 16.5. The van der Waals surface area contributed by atoms with Crippen LogP contribution in [0.1, 0.15) is 32.6 Å². The zero-order valence-corrected chi connectivity index (χ0v) is 11.5. The molecule has 1 saturated carbocycles. The van der Waals surface area contributed by atoms with E-state index in [1.807, 2.05) is 18.2 Å². The largest absolute Gasteiger partial charge is 0.493 e. The van der Waals surface area contributed by atoms with Crippen molar-refractivity contribution in [2.45, 2.75) is 44.8 Å². The Bertz CT molecular complexity index is 427. The second kappa shape index (κ2) is 6.45. The third kappa shape index (κ3) is 3.63. The number of rotatable bonds is 5. The summed E-state index contributed by atoms with van der Waals surface area (Å²) in [6.45, 7) is 1.76. The molecule has 4 nitrogen and oxygen atoms in total. The molecule has 0 bridgehead atoms. The first-order valence-electron chi connectivity index (χ1n) is 6.80. The Balaban J connectivity index is 1.92. The molecule has 0 radical (unpaired) electrons. The molecule has 104 valence electrons. The number of amides is 1. The number of carbonyl (C=O) groups excluding carboxylic acids is 1. The molecule has 0 aliphatic heterocycles. The van der Waals surface area contributed by atoms with Crippen LogP contribution >= 0.6 is 0 Å². The predicted octanol–water partition coefficient (Wildman–Crippen LogP) is 2.52. The van der Waals surface area contributed by atoms with E-state index in [4.69, 9.17) is 9.47 Å². The van der Waals surface area contributed by atoms with Crippen LogP contribution in [0.2, 0.25) is 0 Å². The van der Waals surface area contributed by atoms with Gasteiger partial charge in [-0.1, -0.05) is 25.0 Å². The molecule has 4 heteroatoms. The van der Waals surface area contributed by atoms with Crippen LogP contribution in [0, 0.1) is 0 Å². The number of methoxy groups -OCH3 is 1. The van der Waals surface area contributed by atoms with Crippen molar-refractivity contribution in [2.24, 2.45) is 0 Å². The minimum atomic E-state index is -0.517. The number of para-hydroxylation sites is 2. The Morgan fingerprint density at radius 1 is 1.26 bits per heavy atom. The zero-order chi connectivity index (χ0) is 13.7. The summed E-state index contributed by atoms with van der Waals surface area (Å²) in [5, 5.41) is 3.03. The van der Waals surface area contributed by atoms with Gasteiger partial charge < -0.3 is 14.8 Å². The molecule has 1 aliphatic carbocycles. The summed E-state index contributed by atoms with van der Waals surface area (Å²) in [5.41, 5.74) is 0. The molecule has 0 heterocycles. The molecule has 2 rings (SSSR count). The number of nitrogens with one attached hydrogen (secondary N) is 1. The highest BCUT2D eigenvalue weighted by Crippen LogP contribution is 2.27. The molecule has 0 aromatic heterocycles. The van der Waals surface area contributed by atoms with Crippen molar-refractivity contribution in [1.29, 1.82) is 0 Å². The Morgan fingerprint density at radius 3 is 2.53 bits per heavy atom. The van der Waals surface area contributed by atoms with E-state index in [9.17, 15) is 4.79 Å². The molecule has 1 N–H and O–H groups in total. The van der Waals surface area contributed by atoms with Gasteiger partial charge in [-0.3, -0.25) is 4.79 Å². The zero-order valence-electron chi connectivity index (χ0n) is 11.5. The third-order valence-electron chi connectivity index (χ3n) is 3.44. The van der Waals surface area contributed by atoms with Crippen LogP contribution in [0.5, 0.6) is 11.5 Å². The summed E-state index contributed by atoms with van der Waals surface area (Å²) in [4.78, 5) is 12.0. The fourth-order valence-electron chi connectivity index (χ4n) is 2.35. The quantitative estimate of drug-likeness (QED) is 0.888. The highest BCUT2D eigenvalue weighted by Gasteiger charge is 2.22. The van der Waals surface area contributed by atoms with Gasteiger partial charge in [0, 0.05) is 6.04 Å². The van der Waals surface area contributed by atoms with Crippen LogP contribution in [-0.4, -0.2) is 25.2 Å². The summed E-state index contributed by atoms with van der Waals surface area (Å²) in [7, 11) is 1.59. The van der Waals surface area contributed by atoms with Gasteiger partial charge in [-0.15, -0.1) is 0 Å². The minimum absolute atomic E-state index is 0.0576. The van der Waals surface area contributed by atoms with Crippen molar-refractivity contribution in [3.05, 3.63) is 24.3 Å². The van der Waals surface area contributed by atoms with Crippen LogP contribution in [0.15, 0.2) is 24.3 Å². The van der Waals surface area contributed by atoms with E-state index in [1.165, 1.54) is 12.8 Å². The first-order chi connectivity index (χ1) is 9.20. The van der Waals surface area contributed by atoms with Gasteiger partial charge in [0.25, 0.3) is 5.91 Å². The summed E-state index contributed by atoms with van der Waals surface area (Å²) in [6.07, 6.45) is 4.04. The number of ether oxygens (including phenoxy) is 2. The first kappa shape index (κ1) is 13.7. The van der Waals surface area contributed by atoms with Gasteiger partial charge in [0.2, 0.25) is 0 Å². The van der Waals surface area contributed by atoms with Crippen molar-refractivity contribution in [3.8, 4) is 11.5 Å². The summed E-state index contributed by atoms with van der Waals surface area (Å²) < 4.78 is 10.9. The van der Waals surface area contributed by atoms with Crippen LogP contribution in [-0.2, 0) is 4.79 Å². The second-order valence-corrected chi connectivity index (χ2v) is 4.90. The molecule has 1 atom stereocenters. The van der Waals surface area contributed by atoms with Crippen LogP contribution in [0.25, 0.3) is 0 Å². The molecule has 1 aliphatic rings. The van der Waals surface area contributed by atoms with Crippen molar-refractivity contribution in [2.75, 3.05) is 7.11 Å². The van der Waals surface area contributed by atoms with Gasteiger partial charge in [0.1, 0.15) is 0 Å². The molecule has 0 saturated heterocycles. The Hall–Kier alpha value is -1.71. The van der Waals surface area contributed by atoms with Crippen molar-refractivity contribution < 1.29 is 14.3 Å². The summed E-state index contributed by atoms with van der Waals surface area (Å²) in [6, 6.07) is 7.67. The number of carbonyl (C=O) groups is 1. The SMILES string of the molecule is COc1ccccc1O[C@H](C)C(=O)NC1CCCC1.